The Morgan fingerprint density at radius 2 is 1.87 bits per heavy atom. The molecule has 2 heterocycles. The fourth-order valence-corrected chi connectivity index (χ4v) is 6.83. The number of rotatable bonds is 6. The van der Waals surface area contributed by atoms with Gasteiger partial charge in [-0.25, -0.2) is 17.1 Å². The highest BCUT2D eigenvalue weighted by molar-refractivity contribution is 7.88. The molecule has 1 unspecified atom stereocenters. The van der Waals surface area contributed by atoms with Gasteiger partial charge in [-0.15, -0.1) is 10.2 Å². The van der Waals surface area contributed by atoms with E-state index in [1.165, 1.54) is 18.6 Å². The summed E-state index contributed by atoms with van der Waals surface area (Å²) in [5.74, 6) is 0.978. The Balaban J connectivity index is 1.62. The van der Waals surface area contributed by atoms with Crippen LogP contribution in [-0.2, 0) is 22.3 Å². The largest absolute Gasteiger partial charge is 0.317 e. The predicted octanol–water partition coefficient (Wildman–Crippen LogP) is 3.95. The third-order valence-electron chi connectivity index (χ3n) is 6.64. The van der Waals surface area contributed by atoms with Crippen molar-refractivity contribution in [1.82, 2.24) is 19.1 Å². The minimum absolute atomic E-state index is 0.0574. The Morgan fingerprint density at radius 1 is 1.17 bits per heavy atom. The van der Waals surface area contributed by atoms with Crippen molar-refractivity contribution in [1.29, 1.82) is 0 Å². The molecule has 0 amide bonds. The molecule has 2 aliphatic rings. The number of aromatic nitrogens is 3. The predicted molar refractivity (Wildman–Crippen MR) is 114 cm³/mol. The summed E-state index contributed by atoms with van der Waals surface area (Å²) in [7, 11) is -3.51. The van der Waals surface area contributed by atoms with Crippen LogP contribution >= 0.6 is 0 Å². The van der Waals surface area contributed by atoms with Gasteiger partial charge in [0.15, 0.2) is 0 Å². The molecule has 0 radical (unpaired) electrons. The van der Waals surface area contributed by atoms with Crippen molar-refractivity contribution in [2.45, 2.75) is 64.2 Å². The summed E-state index contributed by atoms with van der Waals surface area (Å²) in [4.78, 5) is 0. The molecule has 164 valence electrons. The second-order valence-electron chi connectivity index (χ2n) is 9.39. The van der Waals surface area contributed by atoms with Crippen LogP contribution in [0.5, 0.6) is 0 Å². The van der Waals surface area contributed by atoms with Gasteiger partial charge in [0, 0.05) is 25.6 Å². The molecule has 8 heteroatoms. The van der Waals surface area contributed by atoms with Crippen molar-refractivity contribution < 1.29 is 12.8 Å². The highest BCUT2D eigenvalue weighted by atomic mass is 32.2. The first kappa shape index (κ1) is 21.4. The van der Waals surface area contributed by atoms with E-state index in [4.69, 9.17) is 0 Å². The van der Waals surface area contributed by atoms with Gasteiger partial charge < -0.3 is 4.57 Å². The van der Waals surface area contributed by atoms with Crippen molar-refractivity contribution >= 4 is 10.0 Å². The van der Waals surface area contributed by atoms with E-state index in [-0.39, 0.29) is 22.9 Å². The summed E-state index contributed by atoms with van der Waals surface area (Å²) in [6, 6.07) is 5.73. The summed E-state index contributed by atoms with van der Waals surface area (Å²) in [6.07, 6.45) is 7.28. The fraction of sp³-hybridized carbons (Fsp3) is 0.636. The summed E-state index contributed by atoms with van der Waals surface area (Å²) in [6.45, 7) is 6.13. The second kappa shape index (κ2) is 8.38. The van der Waals surface area contributed by atoms with Crippen LogP contribution in [0.25, 0.3) is 0 Å². The Hall–Kier alpha value is -1.80. The minimum Gasteiger partial charge on any atom is -0.317 e. The SMILES string of the molecule is CC(C)Cn1cnnc1C1CN(S(=O)(=O)Cc2ccc(F)cc2)CC12CCCCC2. The lowest BCUT2D eigenvalue weighted by molar-refractivity contribution is 0.175. The van der Waals surface area contributed by atoms with Gasteiger partial charge in [0.25, 0.3) is 0 Å². The van der Waals surface area contributed by atoms with Crippen molar-refractivity contribution in [2.24, 2.45) is 11.3 Å². The second-order valence-corrected chi connectivity index (χ2v) is 11.4. The molecule has 0 N–H and O–H groups in total. The van der Waals surface area contributed by atoms with Crippen molar-refractivity contribution in [3.63, 3.8) is 0 Å². The molecule has 6 nitrogen and oxygen atoms in total. The number of sulfonamides is 1. The first-order valence-electron chi connectivity index (χ1n) is 10.9. The van der Waals surface area contributed by atoms with Crippen LogP contribution < -0.4 is 0 Å². The Morgan fingerprint density at radius 3 is 2.53 bits per heavy atom. The zero-order valence-electron chi connectivity index (χ0n) is 17.8. The van der Waals surface area contributed by atoms with Gasteiger partial charge >= 0.3 is 0 Å². The smallest absolute Gasteiger partial charge is 0.218 e. The summed E-state index contributed by atoms with van der Waals surface area (Å²) in [5, 5.41) is 8.63. The molecule has 0 bridgehead atoms. The Labute approximate surface area is 178 Å². The quantitative estimate of drug-likeness (QED) is 0.690. The normalized spacial score (nSPS) is 22.2. The third-order valence-corrected chi connectivity index (χ3v) is 8.40. The molecule has 2 aromatic rings. The van der Waals surface area contributed by atoms with Gasteiger partial charge in [-0.05, 0) is 41.9 Å². The number of hydrogen-bond acceptors (Lipinski definition) is 4. The molecule has 1 atom stereocenters. The molecule has 1 spiro atoms. The number of benzene rings is 1. The van der Waals surface area contributed by atoms with Crippen LogP contribution in [-0.4, -0.2) is 40.6 Å². The highest BCUT2D eigenvalue weighted by Crippen LogP contribution is 2.52. The molecule has 1 aromatic heterocycles. The maximum Gasteiger partial charge on any atom is 0.218 e. The van der Waals surface area contributed by atoms with Crippen LogP contribution in [0.4, 0.5) is 4.39 Å². The number of hydrogen-bond donors (Lipinski definition) is 0. The van der Waals surface area contributed by atoms with E-state index in [9.17, 15) is 12.8 Å². The molecular weight excluding hydrogens is 403 g/mol. The minimum atomic E-state index is -3.51. The zero-order valence-corrected chi connectivity index (χ0v) is 18.6. The maximum atomic E-state index is 13.3. The lowest BCUT2D eigenvalue weighted by Gasteiger charge is -2.37. The molecule has 1 aromatic carbocycles. The van der Waals surface area contributed by atoms with E-state index in [1.807, 2.05) is 0 Å². The van der Waals surface area contributed by atoms with Gasteiger partial charge in [-0.2, -0.15) is 0 Å². The molecule has 30 heavy (non-hydrogen) atoms. The Kier molecular flexibility index (Phi) is 5.99. The van der Waals surface area contributed by atoms with Gasteiger partial charge in [-0.1, -0.05) is 45.2 Å². The average Bonchev–Trinajstić information content (AvgIpc) is 3.28. The monoisotopic (exact) mass is 434 g/mol. The van der Waals surface area contributed by atoms with Crippen molar-refractivity contribution in [2.75, 3.05) is 13.1 Å². The molecule has 1 aliphatic carbocycles. The van der Waals surface area contributed by atoms with Crippen LogP contribution in [0.3, 0.4) is 0 Å². The summed E-state index contributed by atoms with van der Waals surface area (Å²) in [5.41, 5.74) is 0.538. The molecule has 4 rings (SSSR count). The lowest BCUT2D eigenvalue weighted by atomic mass is 9.67. The fourth-order valence-electron chi connectivity index (χ4n) is 5.20. The van der Waals surface area contributed by atoms with E-state index in [0.29, 0.717) is 24.6 Å². The first-order valence-corrected chi connectivity index (χ1v) is 12.5. The molecule has 2 fully saturated rings. The zero-order chi connectivity index (χ0) is 21.4. The van der Waals surface area contributed by atoms with Gasteiger partial charge in [0.05, 0.1) is 5.75 Å². The molecule has 1 aliphatic heterocycles. The maximum absolute atomic E-state index is 13.3. The molecular formula is C22H31FN4O2S. The topological polar surface area (TPSA) is 68.1 Å². The Bertz CT molecular complexity index is 965. The van der Waals surface area contributed by atoms with E-state index < -0.39 is 10.0 Å². The van der Waals surface area contributed by atoms with E-state index >= 15 is 0 Å². The average molecular weight is 435 g/mol. The van der Waals surface area contributed by atoms with Gasteiger partial charge in [0.2, 0.25) is 10.0 Å². The summed E-state index contributed by atoms with van der Waals surface area (Å²) >= 11 is 0. The number of nitrogens with zero attached hydrogens (tertiary/aromatic N) is 4. The van der Waals surface area contributed by atoms with Gasteiger partial charge in [-0.3, -0.25) is 0 Å². The standard InChI is InChI=1S/C22H31FN4O2S/c1-17(2)12-26-16-24-25-21(26)20-13-27(15-22(20)10-4-3-5-11-22)30(28,29)14-18-6-8-19(23)9-7-18/h6-9,16-17,20H,3-5,10-15H2,1-2H3. The van der Waals surface area contributed by atoms with Crippen LogP contribution in [0.1, 0.15) is 63.3 Å². The van der Waals surface area contributed by atoms with Crippen molar-refractivity contribution in [3.8, 4) is 0 Å². The lowest BCUT2D eigenvalue weighted by Crippen LogP contribution is -2.35. The van der Waals surface area contributed by atoms with E-state index in [0.717, 1.165) is 38.1 Å². The highest BCUT2D eigenvalue weighted by Gasteiger charge is 2.52. The van der Waals surface area contributed by atoms with E-state index in [1.54, 1.807) is 22.8 Å². The van der Waals surface area contributed by atoms with Crippen LogP contribution in [0.2, 0.25) is 0 Å². The third kappa shape index (κ3) is 4.30. The van der Waals surface area contributed by atoms with Crippen LogP contribution in [0, 0.1) is 17.2 Å². The number of halogens is 1. The first-order chi connectivity index (χ1) is 14.3. The molecule has 1 saturated carbocycles. The van der Waals surface area contributed by atoms with Gasteiger partial charge in [0.1, 0.15) is 18.0 Å². The van der Waals surface area contributed by atoms with Crippen molar-refractivity contribution in [3.05, 3.63) is 47.8 Å². The molecule has 1 saturated heterocycles. The van der Waals surface area contributed by atoms with E-state index in [2.05, 4.69) is 28.6 Å². The van der Waals surface area contributed by atoms with Crippen LogP contribution in [0.15, 0.2) is 30.6 Å². The summed E-state index contributed by atoms with van der Waals surface area (Å²) < 4.78 is 43.5.